The van der Waals surface area contributed by atoms with E-state index in [1.165, 1.54) is 17.7 Å². The summed E-state index contributed by atoms with van der Waals surface area (Å²) in [4.78, 5) is 0. The van der Waals surface area contributed by atoms with Gasteiger partial charge in [-0.3, -0.25) is 0 Å². The quantitative estimate of drug-likeness (QED) is 0.868. The molecule has 2 rings (SSSR count). The monoisotopic (exact) mass is 281 g/mol. The van der Waals surface area contributed by atoms with Crippen molar-refractivity contribution in [1.29, 1.82) is 0 Å². The maximum atomic E-state index is 6.08. The van der Waals surface area contributed by atoms with E-state index in [4.69, 9.17) is 9.47 Å². The highest BCUT2D eigenvalue weighted by Gasteiger charge is 2.17. The molecule has 0 amide bonds. The molecule has 4 heteroatoms. The first-order valence-electron chi connectivity index (χ1n) is 6.89. The van der Waals surface area contributed by atoms with Gasteiger partial charge in [0.1, 0.15) is 6.10 Å². The van der Waals surface area contributed by atoms with Gasteiger partial charge in [0.2, 0.25) is 0 Å². The lowest BCUT2D eigenvalue weighted by molar-refractivity contribution is 0.202. The van der Waals surface area contributed by atoms with Crippen molar-refractivity contribution in [1.82, 2.24) is 5.32 Å². The molecular weight excluding hydrogens is 258 g/mol. The smallest absolute Gasteiger partial charge is 0.161 e. The second kappa shape index (κ2) is 7.65. The topological polar surface area (TPSA) is 30.5 Å². The molecule has 0 radical (unpaired) electrons. The minimum Gasteiger partial charge on any atom is -0.493 e. The maximum Gasteiger partial charge on any atom is 0.161 e. The van der Waals surface area contributed by atoms with Crippen LogP contribution in [0.4, 0.5) is 0 Å². The van der Waals surface area contributed by atoms with E-state index in [0.717, 1.165) is 36.6 Å². The average Bonchev–Trinajstić information content (AvgIpc) is 2.47. The lowest BCUT2D eigenvalue weighted by atomic mass is 10.1. The lowest BCUT2D eigenvalue weighted by Gasteiger charge is -2.23. The summed E-state index contributed by atoms with van der Waals surface area (Å²) < 4.78 is 11.5. The fraction of sp³-hybridized carbons (Fsp3) is 0.600. The number of rotatable bonds is 6. The molecule has 1 aliphatic heterocycles. The summed E-state index contributed by atoms with van der Waals surface area (Å²) in [6.45, 7) is 0.975. The van der Waals surface area contributed by atoms with Crippen LogP contribution >= 0.6 is 11.8 Å². The molecule has 1 N–H and O–H groups in total. The van der Waals surface area contributed by atoms with Crippen LogP contribution in [0.2, 0.25) is 0 Å². The average molecular weight is 281 g/mol. The second-order valence-corrected chi connectivity index (χ2v) is 5.95. The molecule has 1 aromatic carbocycles. The molecule has 0 aromatic heterocycles. The minimum atomic E-state index is 0.329. The number of methoxy groups -OCH3 is 1. The van der Waals surface area contributed by atoms with Crippen LogP contribution < -0.4 is 14.8 Å². The Morgan fingerprint density at radius 1 is 1.37 bits per heavy atom. The van der Waals surface area contributed by atoms with Crippen molar-refractivity contribution in [2.45, 2.75) is 25.4 Å². The van der Waals surface area contributed by atoms with Crippen molar-refractivity contribution in [3.05, 3.63) is 23.8 Å². The predicted molar refractivity (Wildman–Crippen MR) is 81.6 cm³/mol. The maximum absolute atomic E-state index is 6.08. The molecule has 1 fully saturated rings. The van der Waals surface area contributed by atoms with E-state index in [-0.39, 0.29) is 0 Å². The zero-order valence-corrected chi connectivity index (χ0v) is 12.6. The van der Waals surface area contributed by atoms with Crippen LogP contribution in [0.25, 0.3) is 0 Å². The molecule has 1 atom stereocenters. The van der Waals surface area contributed by atoms with Crippen LogP contribution in [0.1, 0.15) is 18.4 Å². The van der Waals surface area contributed by atoms with E-state index < -0.39 is 0 Å². The Morgan fingerprint density at radius 3 is 2.95 bits per heavy atom. The van der Waals surface area contributed by atoms with Gasteiger partial charge in [0.05, 0.1) is 7.11 Å². The van der Waals surface area contributed by atoms with E-state index in [2.05, 4.69) is 17.4 Å². The molecule has 1 aromatic rings. The Kier molecular flexibility index (Phi) is 5.86. The lowest BCUT2D eigenvalue weighted by Crippen LogP contribution is -2.23. The van der Waals surface area contributed by atoms with E-state index in [1.54, 1.807) is 7.11 Å². The van der Waals surface area contributed by atoms with Crippen LogP contribution in [-0.4, -0.2) is 38.3 Å². The van der Waals surface area contributed by atoms with Gasteiger partial charge in [0.15, 0.2) is 11.5 Å². The summed E-state index contributed by atoms with van der Waals surface area (Å²) >= 11 is 1.98. The molecule has 19 heavy (non-hydrogen) atoms. The van der Waals surface area contributed by atoms with Crippen molar-refractivity contribution in [2.75, 3.05) is 32.2 Å². The fourth-order valence-electron chi connectivity index (χ4n) is 2.22. The summed E-state index contributed by atoms with van der Waals surface area (Å²) in [5.41, 5.74) is 1.27. The number of hydrogen-bond donors (Lipinski definition) is 1. The SMILES string of the molecule is CNCCc1ccc(OC2CCCSC2)c(OC)c1. The molecule has 3 nitrogen and oxygen atoms in total. The fourth-order valence-corrected chi connectivity index (χ4v) is 3.25. The van der Waals surface area contributed by atoms with Crippen LogP contribution in [0, 0.1) is 0 Å². The number of likely N-dealkylation sites (N-methyl/N-ethyl adjacent to an activating group) is 1. The zero-order valence-electron chi connectivity index (χ0n) is 11.8. The first-order valence-corrected chi connectivity index (χ1v) is 8.05. The third-order valence-electron chi connectivity index (χ3n) is 3.30. The van der Waals surface area contributed by atoms with Gasteiger partial charge < -0.3 is 14.8 Å². The molecule has 0 spiro atoms. The first-order chi connectivity index (χ1) is 9.33. The van der Waals surface area contributed by atoms with Gasteiger partial charge in [-0.05, 0) is 56.3 Å². The van der Waals surface area contributed by atoms with Crippen LogP contribution in [-0.2, 0) is 6.42 Å². The van der Waals surface area contributed by atoms with Crippen LogP contribution in [0.15, 0.2) is 18.2 Å². The summed E-state index contributed by atoms with van der Waals surface area (Å²) in [7, 11) is 3.68. The predicted octanol–water partition coefficient (Wildman–Crippen LogP) is 2.73. The van der Waals surface area contributed by atoms with E-state index in [1.807, 2.05) is 24.9 Å². The largest absolute Gasteiger partial charge is 0.493 e. The number of nitrogens with one attached hydrogen (secondary N) is 1. The third-order valence-corrected chi connectivity index (χ3v) is 4.49. The highest BCUT2D eigenvalue weighted by Crippen LogP contribution is 2.31. The van der Waals surface area contributed by atoms with Crippen molar-refractivity contribution < 1.29 is 9.47 Å². The molecule has 0 aliphatic carbocycles. The Morgan fingerprint density at radius 2 is 2.26 bits per heavy atom. The number of ether oxygens (including phenoxy) is 2. The van der Waals surface area contributed by atoms with Gasteiger partial charge in [-0.15, -0.1) is 0 Å². The Bertz CT molecular complexity index is 392. The molecule has 0 bridgehead atoms. The zero-order chi connectivity index (χ0) is 13.5. The molecule has 0 saturated carbocycles. The number of benzene rings is 1. The molecular formula is C15H23NO2S. The Balaban J connectivity index is 2.02. The molecule has 1 unspecified atom stereocenters. The Labute approximate surface area is 120 Å². The van der Waals surface area contributed by atoms with Crippen molar-refractivity contribution in [3.63, 3.8) is 0 Å². The molecule has 106 valence electrons. The Hall–Kier alpha value is -0.870. The summed E-state index contributed by atoms with van der Waals surface area (Å²) in [6, 6.07) is 6.26. The van der Waals surface area contributed by atoms with Crippen molar-refractivity contribution in [2.24, 2.45) is 0 Å². The van der Waals surface area contributed by atoms with Gasteiger partial charge >= 0.3 is 0 Å². The van der Waals surface area contributed by atoms with E-state index >= 15 is 0 Å². The number of thioether (sulfide) groups is 1. The van der Waals surface area contributed by atoms with Gasteiger partial charge in [0.25, 0.3) is 0 Å². The number of hydrogen-bond acceptors (Lipinski definition) is 4. The minimum absolute atomic E-state index is 0.329. The van der Waals surface area contributed by atoms with Gasteiger partial charge in [-0.25, -0.2) is 0 Å². The highest BCUT2D eigenvalue weighted by molar-refractivity contribution is 7.99. The van der Waals surface area contributed by atoms with Gasteiger partial charge in [-0.1, -0.05) is 6.07 Å². The van der Waals surface area contributed by atoms with Crippen LogP contribution in [0.5, 0.6) is 11.5 Å². The standard InChI is InChI=1S/C15H23NO2S/c1-16-8-7-12-5-6-14(15(10-12)17-2)18-13-4-3-9-19-11-13/h5-6,10,13,16H,3-4,7-9,11H2,1-2H3. The summed E-state index contributed by atoms with van der Waals surface area (Å²) in [6.07, 6.45) is 3.73. The molecule has 1 heterocycles. The van der Waals surface area contributed by atoms with E-state index in [9.17, 15) is 0 Å². The van der Waals surface area contributed by atoms with Crippen molar-refractivity contribution in [3.8, 4) is 11.5 Å². The molecule has 1 aliphatic rings. The summed E-state index contributed by atoms with van der Waals surface area (Å²) in [5, 5.41) is 3.16. The van der Waals surface area contributed by atoms with Crippen LogP contribution in [0.3, 0.4) is 0 Å². The molecule has 1 saturated heterocycles. The summed E-state index contributed by atoms with van der Waals surface area (Å²) in [5.74, 6) is 4.08. The van der Waals surface area contributed by atoms with Gasteiger partial charge in [0, 0.05) is 5.75 Å². The van der Waals surface area contributed by atoms with Crippen molar-refractivity contribution >= 4 is 11.8 Å². The normalized spacial score (nSPS) is 19.2. The van der Waals surface area contributed by atoms with E-state index in [0.29, 0.717) is 6.10 Å². The third kappa shape index (κ3) is 4.32. The first kappa shape index (κ1) is 14.5. The second-order valence-electron chi connectivity index (χ2n) is 4.80. The van der Waals surface area contributed by atoms with Gasteiger partial charge in [-0.2, -0.15) is 11.8 Å². The highest BCUT2D eigenvalue weighted by atomic mass is 32.2.